The number of ether oxygens (including phenoxy) is 1. The Morgan fingerprint density at radius 3 is 3.00 bits per heavy atom. The molecule has 1 aliphatic rings. The number of benzene rings is 1. The number of phenolic OH excluding ortho intramolecular Hbond substituents is 1. The summed E-state index contributed by atoms with van der Waals surface area (Å²) in [7, 11) is 0. The number of hydrogen-bond acceptors (Lipinski definition) is 4. The standard InChI is InChI=1S/C8H10N2O2/c9-4-1-5-6(10)3-12-8(5)7(11)2-4/h1-2,6,11H,3,9-10H2/t6-/m0/s1. The van der Waals surface area contributed by atoms with Gasteiger partial charge in [0.1, 0.15) is 6.61 Å². The van der Waals surface area contributed by atoms with Crippen molar-refractivity contribution in [1.82, 2.24) is 0 Å². The molecule has 0 spiro atoms. The summed E-state index contributed by atoms with van der Waals surface area (Å²) in [5.74, 6) is 0.537. The molecule has 0 saturated carbocycles. The van der Waals surface area contributed by atoms with Crippen molar-refractivity contribution >= 4 is 5.69 Å². The lowest BCUT2D eigenvalue weighted by molar-refractivity contribution is 0.317. The van der Waals surface area contributed by atoms with Crippen LogP contribution in [-0.4, -0.2) is 11.7 Å². The molecule has 0 bridgehead atoms. The summed E-state index contributed by atoms with van der Waals surface area (Å²) in [6.07, 6.45) is 0. The lowest BCUT2D eigenvalue weighted by Gasteiger charge is -2.03. The monoisotopic (exact) mass is 166 g/mol. The normalized spacial score (nSPS) is 20.2. The Balaban J connectivity index is 2.60. The average molecular weight is 166 g/mol. The average Bonchev–Trinajstić information content (AvgIpc) is 2.33. The molecule has 0 unspecified atom stereocenters. The van der Waals surface area contributed by atoms with Gasteiger partial charge < -0.3 is 21.3 Å². The number of fused-ring (bicyclic) bond motifs is 1. The van der Waals surface area contributed by atoms with Crippen LogP contribution in [0, 0.1) is 0 Å². The van der Waals surface area contributed by atoms with Crippen molar-refractivity contribution in [1.29, 1.82) is 0 Å². The quantitative estimate of drug-likeness (QED) is 0.486. The van der Waals surface area contributed by atoms with Crippen molar-refractivity contribution < 1.29 is 9.84 Å². The molecule has 1 aromatic carbocycles. The molecular weight excluding hydrogens is 156 g/mol. The molecule has 4 nitrogen and oxygen atoms in total. The van der Waals surface area contributed by atoms with E-state index < -0.39 is 0 Å². The largest absolute Gasteiger partial charge is 0.504 e. The SMILES string of the molecule is Nc1cc(O)c2c(c1)[C@@H](N)CO2. The maximum absolute atomic E-state index is 9.37. The van der Waals surface area contributed by atoms with E-state index in [0.717, 1.165) is 5.56 Å². The van der Waals surface area contributed by atoms with Gasteiger partial charge in [0.05, 0.1) is 6.04 Å². The van der Waals surface area contributed by atoms with Gasteiger partial charge in [-0.1, -0.05) is 0 Å². The number of nitrogens with two attached hydrogens (primary N) is 2. The number of anilines is 1. The first-order valence-electron chi connectivity index (χ1n) is 3.69. The Labute approximate surface area is 69.7 Å². The highest BCUT2D eigenvalue weighted by atomic mass is 16.5. The predicted octanol–water partition coefficient (Wildman–Crippen LogP) is 0.367. The van der Waals surface area contributed by atoms with Crippen LogP contribution in [0.5, 0.6) is 11.5 Å². The molecule has 5 N–H and O–H groups in total. The fourth-order valence-corrected chi connectivity index (χ4v) is 1.35. The Bertz CT molecular complexity index is 325. The maximum Gasteiger partial charge on any atom is 0.166 e. The topological polar surface area (TPSA) is 81.5 Å². The molecule has 1 heterocycles. The van der Waals surface area contributed by atoms with Gasteiger partial charge in [0.25, 0.3) is 0 Å². The fraction of sp³-hybridized carbons (Fsp3) is 0.250. The highest BCUT2D eigenvalue weighted by molar-refractivity contribution is 5.58. The maximum atomic E-state index is 9.37. The van der Waals surface area contributed by atoms with E-state index in [0.29, 0.717) is 18.0 Å². The van der Waals surface area contributed by atoms with Crippen LogP contribution >= 0.6 is 0 Å². The number of rotatable bonds is 0. The molecule has 0 amide bonds. The molecule has 1 aliphatic heterocycles. The van der Waals surface area contributed by atoms with Gasteiger partial charge in [0, 0.05) is 17.3 Å². The van der Waals surface area contributed by atoms with Crippen LogP contribution in [0.4, 0.5) is 5.69 Å². The molecule has 1 atom stereocenters. The van der Waals surface area contributed by atoms with Gasteiger partial charge >= 0.3 is 0 Å². The highest BCUT2D eigenvalue weighted by Gasteiger charge is 2.23. The smallest absolute Gasteiger partial charge is 0.166 e. The van der Waals surface area contributed by atoms with Crippen LogP contribution in [-0.2, 0) is 0 Å². The van der Waals surface area contributed by atoms with Crippen molar-refractivity contribution in [3.05, 3.63) is 17.7 Å². The minimum Gasteiger partial charge on any atom is -0.504 e. The van der Waals surface area contributed by atoms with Gasteiger partial charge in [0.15, 0.2) is 11.5 Å². The Morgan fingerprint density at radius 2 is 2.25 bits per heavy atom. The zero-order chi connectivity index (χ0) is 8.72. The molecule has 1 aromatic rings. The van der Waals surface area contributed by atoms with Gasteiger partial charge in [-0.3, -0.25) is 0 Å². The summed E-state index contributed by atoms with van der Waals surface area (Å²) in [5.41, 5.74) is 12.5. The summed E-state index contributed by atoms with van der Waals surface area (Å²) < 4.78 is 5.17. The van der Waals surface area contributed by atoms with E-state index in [2.05, 4.69) is 0 Å². The number of phenols is 1. The van der Waals surface area contributed by atoms with Crippen molar-refractivity contribution in [3.63, 3.8) is 0 Å². The Hall–Kier alpha value is -1.42. The van der Waals surface area contributed by atoms with Crippen LogP contribution in [0.25, 0.3) is 0 Å². The number of nitrogen functional groups attached to an aromatic ring is 1. The third-order valence-electron chi connectivity index (χ3n) is 1.93. The van der Waals surface area contributed by atoms with Gasteiger partial charge in [-0.25, -0.2) is 0 Å². The zero-order valence-electron chi connectivity index (χ0n) is 6.45. The Kier molecular flexibility index (Phi) is 1.38. The predicted molar refractivity (Wildman–Crippen MR) is 44.9 cm³/mol. The van der Waals surface area contributed by atoms with E-state index >= 15 is 0 Å². The molecule has 0 saturated heterocycles. The number of hydrogen-bond donors (Lipinski definition) is 3. The first-order chi connectivity index (χ1) is 5.68. The van der Waals surface area contributed by atoms with Crippen LogP contribution in [0.3, 0.4) is 0 Å². The molecule has 2 rings (SSSR count). The van der Waals surface area contributed by atoms with E-state index in [1.807, 2.05) is 0 Å². The van der Waals surface area contributed by atoms with E-state index in [9.17, 15) is 5.11 Å². The van der Waals surface area contributed by atoms with Crippen LogP contribution in [0.15, 0.2) is 12.1 Å². The van der Waals surface area contributed by atoms with Gasteiger partial charge in [-0.15, -0.1) is 0 Å². The van der Waals surface area contributed by atoms with Crippen LogP contribution < -0.4 is 16.2 Å². The highest BCUT2D eigenvalue weighted by Crippen LogP contribution is 2.40. The molecule has 4 heteroatoms. The summed E-state index contributed by atoms with van der Waals surface area (Å²) >= 11 is 0. The molecule has 0 fully saturated rings. The second-order valence-corrected chi connectivity index (χ2v) is 2.88. The Morgan fingerprint density at radius 1 is 1.50 bits per heavy atom. The van der Waals surface area contributed by atoms with Crippen LogP contribution in [0.2, 0.25) is 0 Å². The van der Waals surface area contributed by atoms with Crippen molar-refractivity contribution in [2.24, 2.45) is 5.73 Å². The third kappa shape index (κ3) is 0.887. The molecular formula is C8H10N2O2. The van der Waals surface area contributed by atoms with Gasteiger partial charge in [-0.2, -0.15) is 0 Å². The summed E-state index contributed by atoms with van der Waals surface area (Å²) in [4.78, 5) is 0. The molecule has 64 valence electrons. The lowest BCUT2D eigenvalue weighted by atomic mass is 10.1. The number of aromatic hydroxyl groups is 1. The second kappa shape index (κ2) is 2.28. The minimum absolute atomic E-state index is 0.0675. The van der Waals surface area contributed by atoms with Gasteiger partial charge in [-0.05, 0) is 6.07 Å². The van der Waals surface area contributed by atoms with Crippen molar-refractivity contribution in [2.45, 2.75) is 6.04 Å². The van der Waals surface area contributed by atoms with E-state index in [1.165, 1.54) is 6.07 Å². The minimum atomic E-state index is -0.172. The first-order valence-corrected chi connectivity index (χ1v) is 3.69. The fourth-order valence-electron chi connectivity index (χ4n) is 1.35. The van der Waals surface area contributed by atoms with E-state index in [-0.39, 0.29) is 11.8 Å². The van der Waals surface area contributed by atoms with E-state index in [4.69, 9.17) is 16.2 Å². The molecule has 0 aromatic heterocycles. The second-order valence-electron chi connectivity index (χ2n) is 2.88. The zero-order valence-corrected chi connectivity index (χ0v) is 6.45. The van der Waals surface area contributed by atoms with Crippen LogP contribution in [0.1, 0.15) is 11.6 Å². The summed E-state index contributed by atoms with van der Waals surface area (Å²) in [6, 6.07) is 3.01. The van der Waals surface area contributed by atoms with Gasteiger partial charge in [0.2, 0.25) is 0 Å². The molecule has 0 radical (unpaired) electrons. The lowest BCUT2D eigenvalue weighted by Crippen LogP contribution is -2.10. The molecule has 12 heavy (non-hydrogen) atoms. The summed E-state index contributed by atoms with van der Waals surface area (Å²) in [5, 5.41) is 9.37. The summed E-state index contributed by atoms with van der Waals surface area (Å²) in [6.45, 7) is 0.409. The first kappa shape index (κ1) is 7.24. The van der Waals surface area contributed by atoms with Crippen molar-refractivity contribution in [3.8, 4) is 11.5 Å². The van der Waals surface area contributed by atoms with Crippen molar-refractivity contribution in [2.75, 3.05) is 12.3 Å². The van der Waals surface area contributed by atoms with E-state index in [1.54, 1.807) is 6.07 Å². The third-order valence-corrected chi connectivity index (χ3v) is 1.93. The molecule has 0 aliphatic carbocycles.